The average Bonchev–Trinajstić information content (AvgIpc) is 3.44. The third kappa shape index (κ3) is 4.91. The summed E-state index contributed by atoms with van der Waals surface area (Å²) in [6.07, 6.45) is 4.01. The number of anilines is 1. The lowest BCUT2D eigenvalue weighted by Gasteiger charge is -2.35. The van der Waals surface area contributed by atoms with Gasteiger partial charge in [-0.2, -0.15) is 0 Å². The molecule has 0 bridgehead atoms. The smallest absolute Gasteiger partial charge is 0.253 e. The second kappa shape index (κ2) is 10.9. The molecule has 200 valence electrons. The highest BCUT2D eigenvalue weighted by Gasteiger charge is 2.26. The molecular weight excluding hydrogens is 520 g/mol. The van der Waals surface area contributed by atoms with E-state index in [0.29, 0.717) is 48.7 Å². The molecule has 1 aliphatic rings. The molecule has 8 nitrogen and oxygen atoms in total. The Morgan fingerprint density at radius 1 is 0.925 bits per heavy atom. The highest BCUT2D eigenvalue weighted by atomic mass is 32.1. The molecule has 4 heterocycles. The van der Waals surface area contributed by atoms with Crippen LogP contribution in [0.1, 0.15) is 32.5 Å². The lowest BCUT2D eigenvalue weighted by molar-refractivity contribution is 0.0746. The predicted molar refractivity (Wildman–Crippen MR) is 159 cm³/mol. The first kappa shape index (κ1) is 25.6. The van der Waals surface area contributed by atoms with Crippen molar-refractivity contribution in [2.24, 2.45) is 5.73 Å². The maximum atomic E-state index is 13.3. The first-order valence-corrected chi connectivity index (χ1v) is 14.1. The Labute approximate surface area is 236 Å². The van der Waals surface area contributed by atoms with Crippen molar-refractivity contribution in [1.82, 2.24) is 19.9 Å². The van der Waals surface area contributed by atoms with Gasteiger partial charge in [0, 0.05) is 49.0 Å². The van der Waals surface area contributed by atoms with Gasteiger partial charge >= 0.3 is 0 Å². The molecule has 0 spiro atoms. The van der Waals surface area contributed by atoms with Crippen LogP contribution in [0.4, 0.5) is 5.82 Å². The number of nitrogens with two attached hydrogens (primary N) is 1. The zero-order chi connectivity index (χ0) is 27.6. The number of carbonyl (C=O) groups is 2. The molecule has 2 N–H and O–H groups in total. The van der Waals surface area contributed by atoms with E-state index in [9.17, 15) is 9.59 Å². The van der Waals surface area contributed by atoms with Crippen LogP contribution in [0, 0.1) is 0 Å². The molecular formula is C31H28N6O2S. The molecule has 6 rings (SSSR count). The SMILES string of the molecule is CCc1cc2c(N3CCN(C(=O)c4ccc(-c5ccccc5)cc4)CC3)nc(-c3cnccc3C(N)=O)nc2s1. The van der Waals surface area contributed by atoms with Gasteiger partial charge in [-0.1, -0.05) is 49.4 Å². The number of primary amides is 1. The monoisotopic (exact) mass is 548 g/mol. The van der Waals surface area contributed by atoms with Crippen LogP contribution in [0.15, 0.2) is 79.1 Å². The van der Waals surface area contributed by atoms with Crippen molar-refractivity contribution < 1.29 is 9.59 Å². The number of thiophene rings is 1. The minimum absolute atomic E-state index is 0.0260. The first-order chi connectivity index (χ1) is 19.5. The van der Waals surface area contributed by atoms with Gasteiger partial charge in [0.05, 0.1) is 16.5 Å². The second-order valence-corrected chi connectivity index (χ2v) is 10.8. The van der Waals surface area contributed by atoms with Crippen molar-refractivity contribution in [3.63, 3.8) is 0 Å². The fourth-order valence-electron chi connectivity index (χ4n) is 5.02. The Morgan fingerprint density at radius 2 is 1.65 bits per heavy atom. The Hall–Kier alpha value is -4.63. The van der Waals surface area contributed by atoms with Crippen LogP contribution in [0.3, 0.4) is 0 Å². The molecule has 1 saturated heterocycles. The lowest BCUT2D eigenvalue weighted by atomic mass is 10.0. The molecule has 0 aliphatic carbocycles. The van der Waals surface area contributed by atoms with Crippen molar-refractivity contribution in [1.29, 1.82) is 0 Å². The van der Waals surface area contributed by atoms with Gasteiger partial charge in [-0.3, -0.25) is 14.6 Å². The summed E-state index contributed by atoms with van der Waals surface area (Å²) in [6.45, 7) is 4.52. The summed E-state index contributed by atoms with van der Waals surface area (Å²) in [5.74, 6) is 0.700. The van der Waals surface area contributed by atoms with Gasteiger partial charge in [-0.05, 0) is 41.8 Å². The van der Waals surface area contributed by atoms with Crippen molar-refractivity contribution >= 4 is 39.2 Å². The molecule has 0 radical (unpaired) electrons. The number of nitrogens with zero attached hydrogens (tertiary/aromatic N) is 5. The topological polar surface area (TPSA) is 105 Å². The van der Waals surface area contributed by atoms with Gasteiger partial charge in [0.1, 0.15) is 10.6 Å². The molecule has 2 aromatic carbocycles. The third-order valence-electron chi connectivity index (χ3n) is 7.20. The molecule has 0 unspecified atom stereocenters. The van der Waals surface area contributed by atoms with Crippen LogP contribution in [-0.4, -0.2) is 57.8 Å². The summed E-state index contributed by atoms with van der Waals surface area (Å²) >= 11 is 1.62. The van der Waals surface area contributed by atoms with Crippen LogP contribution in [0.25, 0.3) is 32.7 Å². The number of carbonyl (C=O) groups excluding carboxylic acids is 2. The summed E-state index contributed by atoms with van der Waals surface area (Å²) in [5, 5.41) is 0.978. The minimum atomic E-state index is -0.549. The van der Waals surface area contributed by atoms with Crippen LogP contribution in [-0.2, 0) is 6.42 Å². The Morgan fingerprint density at radius 3 is 2.35 bits per heavy atom. The van der Waals surface area contributed by atoms with E-state index in [1.807, 2.05) is 47.4 Å². The number of rotatable bonds is 6. The van der Waals surface area contributed by atoms with Gasteiger partial charge < -0.3 is 15.5 Å². The first-order valence-electron chi connectivity index (χ1n) is 13.3. The van der Waals surface area contributed by atoms with Crippen LogP contribution in [0.5, 0.6) is 0 Å². The summed E-state index contributed by atoms with van der Waals surface area (Å²) < 4.78 is 0. The normalized spacial score (nSPS) is 13.5. The van der Waals surface area contributed by atoms with Gasteiger partial charge in [0.15, 0.2) is 5.82 Å². The lowest BCUT2D eigenvalue weighted by Crippen LogP contribution is -2.49. The summed E-state index contributed by atoms with van der Waals surface area (Å²) in [4.78, 5) is 45.5. The third-order valence-corrected chi connectivity index (χ3v) is 8.38. The fraction of sp³-hybridized carbons (Fsp3) is 0.194. The molecule has 1 aliphatic heterocycles. The number of aromatic nitrogens is 3. The average molecular weight is 549 g/mol. The summed E-state index contributed by atoms with van der Waals surface area (Å²) in [6, 6.07) is 21.7. The van der Waals surface area contributed by atoms with Crippen molar-refractivity contribution in [3.05, 3.63) is 95.1 Å². The van der Waals surface area contributed by atoms with E-state index in [2.05, 4.69) is 35.0 Å². The van der Waals surface area contributed by atoms with Crippen LogP contribution >= 0.6 is 11.3 Å². The standard InChI is InChI=1S/C31H28N6O2S/c1-2-23-18-25-29(34-28(35-30(25)40-23)26-19-33-13-12-24(26)27(32)38)36-14-16-37(17-15-36)31(39)22-10-8-21(9-11-22)20-6-4-3-5-7-20/h3-13,18-19H,2,14-17H2,1H3,(H2,32,38). The number of amides is 2. The molecule has 1 fully saturated rings. The second-order valence-electron chi connectivity index (χ2n) is 9.66. The van der Waals surface area contributed by atoms with Crippen molar-refractivity contribution in [2.45, 2.75) is 13.3 Å². The van der Waals surface area contributed by atoms with Crippen molar-refractivity contribution in [2.75, 3.05) is 31.1 Å². The Bertz CT molecular complexity index is 1690. The molecule has 9 heteroatoms. The molecule has 0 saturated carbocycles. The van der Waals surface area contributed by atoms with Crippen LogP contribution < -0.4 is 10.6 Å². The van der Waals surface area contributed by atoms with Crippen LogP contribution in [0.2, 0.25) is 0 Å². The van der Waals surface area contributed by atoms with Crippen molar-refractivity contribution in [3.8, 4) is 22.5 Å². The number of aryl methyl sites for hydroxylation is 1. The number of benzene rings is 2. The van der Waals surface area contributed by atoms with E-state index in [4.69, 9.17) is 15.7 Å². The highest BCUT2D eigenvalue weighted by Crippen LogP contribution is 2.34. The van der Waals surface area contributed by atoms with Gasteiger partial charge in [-0.15, -0.1) is 11.3 Å². The predicted octanol–water partition coefficient (Wildman–Crippen LogP) is 5.04. The molecule has 2 amide bonds. The van der Waals surface area contributed by atoms with E-state index in [-0.39, 0.29) is 5.91 Å². The maximum absolute atomic E-state index is 13.3. The minimum Gasteiger partial charge on any atom is -0.366 e. The Balaban J connectivity index is 1.25. The van der Waals surface area contributed by atoms with E-state index in [0.717, 1.165) is 33.6 Å². The number of hydrogen-bond donors (Lipinski definition) is 1. The van der Waals surface area contributed by atoms with E-state index in [1.54, 1.807) is 23.6 Å². The van der Waals surface area contributed by atoms with E-state index in [1.165, 1.54) is 11.1 Å². The zero-order valence-electron chi connectivity index (χ0n) is 22.1. The summed E-state index contributed by atoms with van der Waals surface area (Å²) in [7, 11) is 0. The van der Waals surface area contributed by atoms with E-state index < -0.39 is 5.91 Å². The molecule has 0 atom stereocenters. The number of pyridine rings is 1. The summed E-state index contributed by atoms with van der Waals surface area (Å²) in [5.41, 5.74) is 9.37. The molecule has 5 aromatic rings. The number of hydrogen-bond acceptors (Lipinski definition) is 7. The molecule has 40 heavy (non-hydrogen) atoms. The zero-order valence-corrected chi connectivity index (χ0v) is 22.9. The van der Waals surface area contributed by atoms with Gasteiger partial charge in [0.25, 0.3) is 5.91 Å². The van der Waals surface area contributed by atoms with Gasteiger partial charge in [-0.25, -0.2) is 9.97 Å². The largest absolute Gasteiger partial charge is 0.366 e. The highest BCUT2D eigenvalue weighted by molar-refractivity contribution is 7.18. The fourth-order valence-corrected chi connectivity index (χ4v) is 5.98. The van der Waals surface area contributed by atoms with Gasteiger partial charge in [0.2, 0.25) is 5.91 Å². The number of fused-ring (bicyclic) bond motifs is 1. The number of piperazine rings is 1. The molecule has 3 aromatic heterocycles. The Kier molecular flexibility index (Phi) is 6.96. The quantitative estimate of drug-likeness (QED) is 0.319. The van der Waals surface area contributed by atoms with E-state index >= 15 is 0 Å². The maximum Gasteiger partial charge on any atom is 0.253 e.